The molecule has 2 rings (SSSR count). The Hall–Kier alpha value is -1.49. The minimum absolute atomic E-state index is 0.261. The van der Waals surface area contributed by atoms with Gasteiger partial charge in [0, 0.05) is 20.2 Å². The second kappa shape index (κ2) is 5.44. The molecule has 1 saturated heterocycles. The minimum atomic E-state index is -0.295. The molecule has 100 valence electrons. The number of rotatable bonds is 3. The van der Waals surface area contributed by atoms with Gasteiger partial charge >= 0.3 is 0 Å². The lowest BCUT2D eigenvalue weighted by atomic mass is 10.1. The fourth-order valence-electron chi connectivity index (χ4n) is 2.39. The van der Waals surface area contributed by atoms with E-state index < -0.39 is 0 Å². The first-order valence-corrected chi connectivity index (χ1v) is 6.07. The largest absolute Gasteiger partial charge is 0.492 e. The third-order valence-electron chi connectivity index (χ3n) is 3.41. The van der Waals surface area contributed by atoms with Crippen molar-refractivity contribution in [2.45, 2.75) is 18.9 Å². The molecule has 0 aromatic heterocycles. The number of nitrogen functional groups attached to an aromatic ring is 1. The van der Waals surface area contributed by atoms with Crippen LogP contribution in [-0.4, -0.2) is 33.4 Å². The number of benzene rings is 1. The van der Waals surface area contributed by atoms with Crippen LogP contribution in [0.1, 0.15) is 12.8 Å². The topological polar surface area (TPSA) is 47.7 Å². The summed E-state index contributed by atoms with van der Waals surface area (Å²) in [6, 6.07) is 2.91. The van der Waals surface area contributed by atoms with Crippen molar-refractivity contribution in [3.05, 3.63) is 17.9 Å². The fourth-order valence-corrected chi connectivity index (χ4v) is 2.39. The van der Waals surface area contributed by atoms with E-state index in [4.69, 9.17) is 15.2 Å². The van der Waals surface area contributed by atoms with Gasteiger partial charge in [-0.15, -0.1) is 0 Å². The minimum Gasteiger partial charge on any atom is -0.492 e. The van der Waals surface area contributed by atoms with E-state index in [9.17, 15) is 4.39 Å². The second-order valence-corrected chi connectivity index (χ2v) is 4.44. The van der Waals surface area contributed by atoms with Crippen molar-refractivity contribution in [1.29, 1.82) is 0 Å². The molecule has 0 spiro atoms. The monoisotopic (exact) mass is 254 g/mol. The summed E-state index contributed by atoms with van der Waals surface area (Å²) in [5.41, 5.74) is 6.74. The SMILES string of the molecule is COc1c(N)ccc(F)c1N1CCC(OC)CC1. The molecule has 1 aliphatic rings. The number of halogens is 1. The number of nitrogens with two attached hydrogens (primary N) is 1. The molecule has 18 heavy (non-hydrogen) atoms. The smallest absolute Gasteiger partial charge is 0.168 e. The van der Waals surface area contributed by atoms with Crippen molar-refractivity contribution >= 4 is 11.4 Å². The maximum atomic E-state index is 14.0. The number of ether oxygens (including phenoxy) is 2. The highest BCUT2D eigenvalue weighted by Gasteiger charge is 2.24. The van der Waals surface area contributed by atoms with Crippen LogP contribution in [0.25, 0.3) is 0 Å². The highest BCUT2D eigenvalue weighted by atomic mass is 19.1. The first-order chi connectivity index (χ1) is 8.67. The molecule has 1 aliphatic heterocycles. The normalized spacial score (nSPS) is 16.9. The predicted molar refractivity (Wildman–Crippen MR) is 69.6 cm³/mol. The van der Waals surface area contributed by atoms with Gasteiger partial charge in [-0.1, -0.05) is 0 Å². The third-order valence-corrected chi connectivity index (χ3v) is 3.41. The second-order valence-electron chi connectivity index (χ2n) is 4.44. The summed E-state index contributed by atoms with van der Waals surface area (Å²) < 4.78 is 24.5. The van der Waals surface area contributed by atoms with Gasteiger partial charge in [0.1, 0.15) is 11.5 Å². The molecule has 0 radical (unpaired) electrons. The van der Waals surface area contributed by atoms with Gasteiger partial charge in [-0.2, -0.15) is 0 Å². The Morgan fingerprint density at radius 2 is 1.94 bits per heavy atom. The van der Waals surface area contributed by atoms with Crippen molar-refractivity contribution in [2.75, 3.05) is 37.9 Å². The van der Waals surface area contributed by atoms with Crippen LogP contribution in [0.15, 0.2) is 12.1 Å². The molecule has 2 N–H and O–H groups in total. The van der Waals surface area contributed by atoms with Crippen LogP contribution in [0.3, 0.4) is 0 Å². The molecule has 0 atom stereocenters. The van der Waals surface area contributed by atoms with Crippen molar-refractivity contribution in [1.82, 2.24) is 0 Å². The van der Waals surface area contributed by atoms with Gasteiger partial charge in [0.2, 0.25) is 0 Å². The fraction of sp³-hybridized carbons (Fsp3) is 0.538. The zero-order chi connectivity index (χ0) is 13.1. The molecule has 0 unspecified atom stereocenters. The van der Waals surface area contributed by atoms with E-state index in [-0.39, 0.29) is 11.9 Å². The lowest BCUT2D eigenvalue weighted by Gasteiger charge is -2.34. The van der Waals surface area contributed by atoms with Gasteiger partial charge in [0.05, 0.1) is 18.9 Å². The van der Waals surface area contributed by atoms with Crippen LogP contribution in [-0.2, 0) is 4.74 Å². The number of methoxy groups -OCH3 is 2. The molecule has 0 saturated carbocycles. The average Bonchev–Trinajstić information content (AvgIpc) is 2.41. The molecule has 1 aromatic rings. The van der Waals surface area contributed by atoms with E-state index >= 15 is 0 Å². The summed E-state index contributed by atoms with van der Waals surface area (Å²) in [5, 5.41) is 0. The van der Waals surface area contributed by atoms with Gasteiger partial charge < -0.3 is 20.1 Å². The number of hydrogen-bond acceptors (Lipinski definition) is 4. The summed E-state index contributed by atoms with van der Waals surface area (Å²) in [6.07, 6.45) is 2.03. The molecule has 1 aromatic carbocycles. The number of anilines is 2. The van der Waals surface area contributed by atoms with Gasteiger partial charge in [-0.05, 0) is 25.0 Å². The summed E-state index contributed by atoms with van der Waals surface area (Å²) >= 11 is 0. The molecule has 4 nitrogen and oxygen atoms in total. The standard InChI is InChI=1S/C13H19FN2O2/c1-17-9-5-7-16(8-6-9)12-10(14)3-4-11(15)13(12)18-2/h3-4,9H,5-8,15H2,1-2H3. The molecular weight excluding hydrogens is 235 g/mol. The number of piperidine rings is 1. The number of hydrogen-bond donors (Lipinski definition) is 1. The van der Waals surface area contributed by atoms with Gasteiger partial charge in [0.15, 0.2) is 5.75 Å². The van der Waals surface area contributed by atoms with Crippen molar-refractivity contribution < 1.29 is 13.9 Å². The highest BCUT2D eigenvalue weighted by Crippen LogP contribution is 2.37. The summed E-state index contributed by atoms with van der Waals surface area (Å²) in [7, 11) is 3.22. The number of nitrogens with zero attached hydrogens (tertiary/aromatic N) is 1. The lowest BCUT2D eigenvalue weighted by molar-refractivity contribution is 0.0817. The van der Waals surface area contributed by atoms with E-state index in [1.807, 2.05) is 4.90 Å². The van der Waals surface area contributed by atoms with E-state index in [0.717, 1.165) is 25.9 Å². The lowest BCUT2D eigenvalue weighted by Crippen LogP contribution is -2.37. The summed E-state index contributed by atoms with van der Waals surface area (Å²) in [4.78, 5) is 1.97. The Kier molecular flexibility index (Phi) is 3.91. The molecule has 0 amide bonds. The van der Waals surface area contributed by atoms with Crippen molar-refractivity contribution in [3.63, 3.8) is 0 Å². The Bertz CT molecular complexity index is 418. The zero-order valence-corrected chi connectivity index (χ0v) is 10.8. The average molecular weight is 254 g/mol. The summed E-state index contributed by atoms with van der Waals surface area (Å²) in [6.45, 7) is 1.49. The third kappa shape index (κ3) is 2.36. The van der Waals surface area contributed by atoms with E-state index in [2.05, 4.69) is 0 Å². The van der Waals surface area contributed by atoms with Crippen LogP contribution in [0.4, 0.5) is 15.8 Å². The van der Waals surface area contributed by atoms with Crippen LogP contribution in [0.5, 0.6) is 5.75 Å². The Morgan fingerprint density at radius 3 is 2.50 bits per heavy atom. The van der Waals surface area contributed by atoms with Crippen LogP contribution in [0.2, 0.25) is 0 Å². The molecule has 0 bridgehead atoms. The molecular formula is C13H19FN2O2. The van der Waals surface area contributed by atoms with Crippen molar-refractivity contribution in [2.24, 2.45) is 0 Å². The summed E-state index contributed by atoms with van der Waals surface area (Å²) in [5.74, 6) is 0.128. The van der Waals surface area contributed by atoms with E-state index in [1.165, 1.54) is 19.2 Å². The predicted octanol–water partition coefficient (Wildman–Crippen LogP) is 2.03. The highest BCUT2D eigenvalue weighted by molar-refractivity contribution is 5.71. The van der Waals surface area contributed by atoms with Gasteiger partial charge in [-0.3, -0.25) is 0 Å². The van der Waals surface area contributed by atoms with Crippen LogP contribution < -0.4 is 15.4 Å². The molecule has 1 heterocycles. The van der Waals surface area contributed by atoms with Gasteiger partial charge in [-0.25, -0.2) is 4.39 Å². The quantitative estimate of drug-likeness (QED) is 0.838. The zero-order valence-electron chi connectivity index (χ0n) is 10.8. The van der Waals surface area contributed by atoms with E-state index in [0.29, 0.717) is 17.1 Å². The van der Waals surface area contributed by atoms with Crippen LogP contribution in [0, 0.1) is 5.82 Å². The Balaban J connectivity index is 2.25. The molecule has 5 heteroatoms. The van der Waals surface area contributed by atoms with Crippen molar-refractivity contribution in [3.8, 4) is 5.75 Å². The van der Waals surface area contributed by atoms with Gasteiger partial charge in [0.25, 0.3) is 0 Å². The van der Waals surface area contributed by atoms with Crippen LogP contribution >= 0.6 is 0 Å². The maximum Gasteiger partial charge on any atom is 0.168 e. The maximum absolute atomic E-state index is 14.0. The van der Waals surface area contributed by atoms with E-state index in [1.54, 1.807) is 7.11 Å². The molecule has 1 fully saturated rings. The molecule has 0 aliphatic carbocycles. The Morgan fingerprint density at radius 1 is 1.28 bits per heavy atom. The first-order valence-electron chi connectivity index (χ1n) is 6.07. The first kappa shape index (κ1) is 13.0. The Labute approximate surface area is 106 Å².